The molecule has 1 aliphatic heterocycles. The number of hydrogen-bond acceptors (Lipinski definition) is 10. The van der Waals surface area contributed by atoms with Crippen LogP contribution >= 0.6 is 71.8 Å². The fourth-order valence-electron chi connectivity index (χ4n) is 2.82. The van der Waals surface area contributed by atoms with E-state index in [1.807, 2.05) is 36.2 Å². The normalized spacial score (nSPS) is 13.9. The molecule has 0 aromatic carbocycles. The summed E-state index contributed by atoms with van der Waals surface area (Å²) < 4.78 is 0. The molecule has 0 saturated carbocycles. The van der Waals surface area contributed by atoms with Crippen molar-refractivity contribution in [2.24, 2.45) is 5.73 Å². The molecule has 0 spiro atoms. The number of carbonyl (C=O) groups excluding carboxylic acids is 1. The maximum Gasteiger partial charge on any atom is 1.00 e. The first-order valence-electron chi connectivity index (χ1n) is 12.7. The third-order valence-electron chi connectivity index (χ3n) is 4.87. The van der Waals surface area contributed by atoms with Crippen LogP contribution in [0.5, 0.6) is 0 Å². The number of aromatic nitrogens is 3. The number of thioether (sulfide) groups is 1. The lowest BCUT2D eigenvalue weighted by atomic mass is 10.3. The first-order chi connectivity index (χ1) is 19.4. The highest BCUT2D eigenvalue weighted by atomic mass is 35.5. The van der Waals surface area contributed by atoms with Crippen molar-refractivity contribution in [1.29, 1.82) is 0 Å². The van der Waals surface area contributed by atoms with Crippen molar-refractivity contribution in [3.05, 3.63) is 87.1 Å². The number of aldehydes is 1. The van der Waals surface area contributed by atoms with Crippen molar-refractivity contribution < 1.29 is 6.22 Å². The molecule has 4 N–H and O–H groups in total. The first-order valence-corrected chi connectivity index (χ1v) is 16.1. The number of halogens is 3. The second kappa shape index (κ2) is 24.5. The van der Waals surface area contributed by atoms with Crippen molar-refractivity contribution in [2.75, 3.05) is 36.9 Å². The Hall–Kier alpha value is -1.08. The van der Waals surface area contributed by atoms with E-state index in [0.717, 1.165) is 62.4 Å². The van der Waals surface area contributed by atoms with E-state index in [0.29, 0.717) is 26.4 Å². The lowest BCUT2D eigenvalue weighted by molar-refractivity contribution is 0.112. The number of nitrogens with two attached hydrogens (primary N) is 1. The summed E-state index contributed by atoms with van der Waals surface area (Å²) in [5.74, 6) is 3.06. The lowest BCUT2D eigenvalue weighted by Gasteiger charge is -2.22. The van der Waals surface area contributed by atoms with E-state index in [9.17, 15) is 4.79 Å². The van der Waals surface area contributed by atoms with Crippen LogP contribution in [0.2, 0.25) is 15.5 Å². The molecular formula is C27H38Cl3N6OS3+. The molecule has 4 rings (SSSR count). The lowest BCUT2D eigenvalue weighted by Crippen LogP contribution is -2.25. The SMILES string of the molecule is Clc1ccc(C2NCCCS2)cn1.NCCCS.O=Cc1ccc(Cl)nc1.SCCCNCc1ccc(Cl)nc1.[H+]. The molecule has 3 aromatic heterocycles. The van der Waals surface area contributed by atoms with Crippen LogP contribution in [0.1, 0.15) is 47.5 Å². The molecule has 40 heavy (non-hydrogen) atoms. The number of pyridine rings is 3. The van der Waals surface area contributed by atoms with E-state index in [1.54, 1.807) is 24.4 Å². The Bertz CT molecular complexity index is 1030. The number of thiol groups is 2. The molecule has 13 heteroatoms. The van der Waals surface area contributed by atoms with Crippen molar-refractivity contribution in [1.82, 2.24) is 25.6 Å². The highest BCUT2D eigenvalue weighted by Gasteiger charge is 2.14. The van der Waals surface area contributed by atoms with Gasteiger partial charge in [-0.25, -0.2) is 15.0 Å². The van der Waals surface area contributed by atoms with E-state index < -0.39 is 0 Å². The Balaban J connectivity index is 0.000000543. The zero-order valence-corrected chi connectivity index (χ0v) is 27.1. The average molecular weight is 665 g/mol. The molecular weight excluding hydrogens is 627 g/mol. The summed E-state index contributed by atoms with van der Waals surface area (Å²) in [6.45, 7) is 3.70. The van der Waals surface area contributed by atoms with Crippen molar-refractivity contribution >= 4 is 78.1 Å². The predicted octanol–water partition coefficient (Wildman–Crippen LogP) is 6.53. The molecule has 1 fully saturated rings. The quantitative estimate of drug-likeness (QED) is 0.0762. The summed E-state index contributed by atoms with van der Waals surface area (Å²) in [5, 5.41) is 8.63. The van der Waals surface area contributed by atoms with E-state index in [-0.39, 0.29) is 1.43 Å². The molecule has 1 aliphatic rings. The monoisotopic (exact) mass is 663 g/mol. The highest BCUT2D eigenvalue weighted by molar-refractivity contribution is 7.99. The van der Waals surface area contributed by atoms with Crippen LogP contribution in [-0.2, 0) is 6.54 Å². The van der Waals surface area contributed by atoms with Gasteiger partial charge in [-0.15, -0.1) is 11.8 Å². The summed E-state index contributed by atoms with van der Waals surface area (Å²) in [4.78, 5) is 21.8. The van der Waals surface area contributed by atoms with Crippen molar-refractivity contribution in [3.8, 4) is 0 Å². The zero-order valence-electron chi connectivity index (χ0n) is 23.2. The van der Waals surface area contributed by atoms with Gasteiger partial charge >= 0.3 is 1.43 Å². The number of nitrogens with one attached hydrogen (secondary N) is 2. The summed E-state index contributed by atoms with van der Waals surface area (Å²) in [6, 6.07) is 10.8. The Morgan fingerprint density at radius 2 is 1.62 bits per heavy atom. The van der Waals surface area contributed by atoms with E-state index >= 15 is 0 Å². The average Bonchev–Trinajstić information content (AvgIpc) is 2.99. The molecule has 0 bridgehead atoms. The number of nitrogens with zero attached hydrogens (tertiary/aromatic N) is 3. The van der Waals surface area contributed by atoms with Gasteiger partial charge in [-0.2, -0.15) is 25.3 Å². The second-order valence-corrected chi connectivity index (χ2v) is 11.4. The Morgan fingerprint density at radius 1 is 0.975 bits per heavy atom. The van der Waals surface area contributed by atoms with E-state index in [2.05, 4.69) is 50.8 Å². The maximum absolute atomic E-state index is 10.0. The van der Waals surface area contributed by atoms with Crippen molar-refractivity contribution in [2.45, 2.75) is 31.2 Å². The molecule has 7 nitrogen and oxygen atoms in total. The van der Waals surface area contributed by atoms with E-state index in [1.165, 1.54) is 23.9 Å². The number of hydrogen-bond donors (Lipinski definition) is 5. The molecule has 0 aliphatic carbocycles. The molecule has 4 heterocycles. The molecule has 1 atom stereocenters. The van der Waals surface area contributed by atoms with E-state index in [4.69, 9.17) is 40.5 Å². The minimum Gasteiger partial charge on any atom is -0.330 e. The zero-order chi connectivity index (χ0) is 29.4. The third-order valence-corrected chi connectivity index (χ3v) is 7.47. The molecule has 3 aromatic rings. The Morgan fingerprint density at radius 3 is 2.08 bits per heavy atom. The van der Waals surface area contributed by atoms with Gasteiger partial charge in [-0.1, -0.05) is 46.9 Å². The molecule has 1 saturated heterocycles. The van der Waals surface area contributed by atoms with Gasteiger partial charge in [0.1, 0.15) is 15.5 Å². The largest absolute Gasteiger partial charge is 1.00 e. The minimum absolute atomic E-state index is 0. The van der Waals surface area contributed by atoms with Gasteiger partial charge in [0.15, 0.2) is 6.29 Å². The van der Waals surface area contributed by atoms with Gasteiger partial charge in [0.25, 0.3) is 0 Å². The number of carbonyl (C=O) groups is 1. The van der Waals surface area contributed by atoms with Gasteiger partial charge in [0.05, 0.1) is 5.37 Å². The summed E-state index contributed by atoms with van der Waals surface area (Å²) in [6.07, 6.45) is 9.16. The van der Waals surface area contributed by atoms with Crippen LogP contribution in [0, 0.1) is 0 Å². The summed E-state index contributed by atoms with van der Waals surface area (Å²) in [7, 11) is 0. The van der Waals surface area contributed by atoms with Gasteiger partial charge in [-0.3, -0.25) is 4.79 Å². The van der Waals surface area contributed by atoms with Crippen LogP contribution in [-0.4, -0.2) is 58.1 Å². The number of rotatable bonds is 9. The maximum atomic E-state index is 10.0. The summed E-state index contributed by atoms with van der Waals surface area (Å²) >= 11 is 26.8. The van der Waals surface area contributed by atoms with Gasteiger partial charge in [0, 0.05) is 30.7 Å². The standard InChI is InChI=1S/C9H11ClN2S.C9H13ClN2S.C6H4ClNO.C3H9NS/c10-8-3-2-7(6-12-8)9-11-4-1-5-13-9;10-9-3-2-8(7-12-9)6-11-4-1-5-13;7-6-2-1-5(4-9)3-8-6;4-2-1-3-5/h2-3,6,9,11H,1,4-5H2;2-3,7,11,13H,1,4-6H2;1-4H;5H,1-4H2/p+1. The van der Waals surface area contributed by atoms with Crippen LogP contribution in [0.25, 0.3) is 0 Å². The van der Waals surface area contributed by atoms with Gasteiger partial charge in [0.2, 0.25) is 0 Å². The summed E-state index contributed by atoms with van der Waals surface area (Å²) in [5.41, 5.74) is 8.00. The van der Waals surface area contributed by atoms with Gasteiger partial charge in [-0.05, 0) is 91.5 Å². The third kappa shape index (κ3) is 18.4. The van der Waals surface area contributed by atoms with Crippen LogP contribution < -0.4 is 16.4 Å². The van der Waals surface area contributed by atoms with Crippen LogP contribution in [0.4, 0.5) is 0 Å². The predicted molar refractivity (Wildman–Crippen MR) is 180 cm³/mol. The molecule has 1 unspecified atom stereocenters. The molecule has 220 valence electrons. The second-order valence-electron chi connectivity index (χ2n) is 8.11. The first kappa shape index (κ1) is 36.9. The Labute approximate surface area is 269 Å². The van der Waals surface area contributed by atoms with Gasteiger partial charge < -0.3 is 16.4 Å². The van der Waals surface area contributed by atoms with Crippen molar-refractivity contribution in [3.63, 3.8) is 0 Å². The topological polar surface area (TPSA) is 106 Å². The fraction of sp³-hybridized carbons (Fsp3) is 0.407. The van der Waals surface area contributed by atoms with Crippen LogP contribution in [0.15, 0.2) is 55.0 Å². The highest BCUT2D eigenvalue weighted by Crippen LogP contribution is 2.29. The minimum atomic E-state index is 0. The Kier molecular flexibility index (Phi) is 22.6. The molecule has 0 amide bonds. The molecule has 0 radical (unpaired) electrons. The fourth-order valence-corrected chi connectivity index (χ4v) is 4.61. The smallest absolute Gasteiger partial charge is 0.330 e. The van der Waals surface area contributed by atoms with Crippen LogP contribution in [0.3, 0.4) is 0 Å².